The van der Waals surface area contributed by atoms with Gasteiger partial charge in [0.25, 0.3) is 11.8 Å². The average Bonchev–Trinajstić information content (AvgIpc) is 3.33. The van der Waals surface area contributed by atoms with Crippen LogP contribution in [-0.4, -0.2) is 32.9 Å². The summed E-state index contributed by atoms with van der Waals surface area (Å²) in [5.41, 5.74) is -0.356. The molecule has 0 fully saturated rings. The highest BCUT2D eigenvalue weighted by atomic mass is 32.1. The van der Waals surface area contributed by atoms with Crippen molar-refractivity contribution in [1.82, 2.24) is 14.5 Å². The van der Waals surface area contributed by atoms with Crippen LogP contribution >= 0.6 is 11.3 Å². The summed E-state index contributed by atoms with van der Waals surface area (Å²) in [6, 6.07) is 4.57. The molecule has 1 atom stereocenters. The molecule has 29 heavy (non-hydrogen) atoms. The summed E-state index contributed by atoms with van der Waals surface area (Å²) >= 11 is 0.739. The van der Waals surface area contributed by atoms with Gasteiger partial charge in [0.1, 0.15) is 5.69 Å². The lowest BCUT2D eigenvalue weighted by atomic mass is 10.1. The number of halogens is 3. The second-order valence-corrected chi connectivity index (χ2v) is 7.30. The Labute approximate surface area is 166 Å². The maximum absolute atomic E-state index is 13.1. The lowest BCUT2D eigenvalue weighted by Gasteiger charge is -2.31. The zero-order valence-electron chi connectivity index (χ0n) is 15.0. The number of carbonyl (C=O) groups is 2. The van der Waals surface area contributed by atoms with E-state index in [1.54, 1.807) is 29.1 Å². The van der Waals surface area contributed by atoms with Gasteiger partial charge in [-0.15, -0.1) is 11.3 Å². The largest absolute Gasteiger partial charge is 0.434 e. The lowest BCUT2D eigenvalue weighted by molar-refractivity contribution is -0.140. The molecule has 0 aliphatic carbocycles. The molecule has 0 saturated carbocycles. The van der Waals surface area contributed by atoms with Crippen molar-refractivity contribution in [3.8, 4) is 0 Å². The second kappa shape index (κ2) is 6.99. The number of nitrogens with one attached hydrogen (secondary N) is 1. The smallest absolute Gasteiger partial charge is 0.338 e. The molecule has 0 unspecified atom stereocenters. The normalized spacial score (nSPS) is 16.6. The average molecular weight is 421 g/mol. The van der Waals surface area contributed by atoms with Gasteiger partial charge in [0.05, 0.1) is 17.4 Å². The summed E-state index contributed by atoms with van der Waals surface area (Å²) in [7, 11) is 0. The predicted octanol–water partition coefficient (Wildman–Crippen LogP) is 3.83. The van der Waals surface area contributed by atoms with Gasteiger partial charge in [0.2, 0.25) is 0 Å². The number of aromatic nitrogens is 3. The van der Waals surface area contributed by atoms with Gasteiger partial charge in [-0.3, -0.25) is 19.5 Å². The van der Waals surface area contributed by atoms with E-state index in [4.69, 9.17) is 0 Å². The van der Waals surface area contributed by atoms with Crippen LogP contribution in [0.1, 0.15) is 39.5 Å². The minimum Gasteiger partial charge on any atom is -0.338 e. The van der Waals surface area contributed by atoms with Gasteiger partial charge < -0.3 is 9.88 Å². The van der Waals surface area contributed by atoms with Gasteiger partial charge in [-0.1, -0.05) is 0 Å². The maximum Gasteiger partial charge on any atom is 0.434 e. The Bertz CT molecular complexity index is 1080. The minimum absolute atomic E-state index is 0.0553. The van der Waals surface area contributed by atoms with Crippen molar-refractivity contribution in [2.45, 2.75) is 19.1 Å². The molecule has 3 aromatic rings. The molecule has 150 valence electrons. The molecular formula is C18H14F3N5O2S. The van der Waals surface area contributed by atoms with E-state index in [-0.39, 0.29) is 29.0 Å². The number of carbonyl (C=O) groups excluding carboxylic acids is 2. The molecule has 1 aliphatic heterocycles. The lowest BCUT2D eigenvalue weighted by Crippen LogP contribution is -2.43. The van der Waals surface area contributed by atoms with E-state index >= 15 is 0 Å². The first-order valence-electron chi connectivity index (χ1n) is 8.52. The maximum atomic E-state index is 13.1. The van der Waals surface area contributed by atoms with Crippen LogP contribution in [-0.2, 0) is 6.18 Å². The number of pyridine rings is 1. The van der Waals surface area contributed by atoms with Crippen LogP contribution in [0.4, 0.5) is 24.0 Å². The third kappa shape index (κ3) is 3.48. The fourth-order valence-electron chi connectivity index (χ4n) is 3.11. The SMILES string of the molecule is C[C@H]1CN(c2nc(C(F)(F)F)cs2)C(=O)c2c(C(=O)Nc3cccnc3)ccn21. The monoisotopic (exact) mass is 421 g/mol. The van der Waals surface area contributed by atoms with E-state index in [0.717, 1.165) is 16.7 Å². The summed E-state index contributed by atoms with van der Waals surface area (Å²) in [4.78, 5) is 34.4. The summed E-state index contributed by atoms with van der Waals surface area (Å²) in [5.74, 6) is -1.09. The summed E-state index contributed by atoms with van der Waals surface area (Å²) < 4.78 is 40.3. The number of fused-ring (bicyclic) bond motifs is 1. The molecule has 0 spiro atoms. The highest BCUT2D eigenvalue weighted by Crippen LogP contribution is 2.35. The predicted molar refractivity (Wildman–Crippen MR) is 100 cm³/mol. The third-order valence-corrected chi connectivity index (χ3v) is 5.33. The van der Waals surface area contributed by atoms with Gasteiger partial charge in [-0.05, 0) is 25.1 Å². The van der Waals surface area contributed by atoms with E-state index < -0.39 is 23.7 Å². The van der Waals surface area contributed by atoms with Gasteiger partial charge in [-0.2, -0.15) is 13.2 Å². The van der Waals surface area contributed by atoms with Crippen molar-refractivity contribution in [2.75, 3.05) is 16.8 Å². The molecule has 0 aromatic carbocycles. The Balaban J connectivity index is 1.66. The molecule has 2 amide bonds. The van der Waals surface area contributed by atoms with Gasteiger partial charge in [-0.25, -0.2) is 4.98 Å². The molecule has 11 heteroatoms. The van der Waals surface area contributed by atoms with Gasteiger partial charge in [0.15, 0.2) is 10.8 Å². The molecule has 0 saturated heterocycles. The quantitative estimate of drug-likeness (QED) is 0.697. The number of hydrogen-bond acceptors (Lipinski definition) is 5. The van der Waals surface area contributed by atoms with Crippen LogP contribution in [0.25, 0.3) is 0 Å². The topological polar surface area (TPSA) is 80.1 Å². The highest BCUT2D eigenvalue weighted by molar-refractivity contribution is 7.14. The van der Waals surface area contributed by atoms with Crippen molar-refractivity contribution in [3.05, 3.63) is 59.1 Å². The fourth-order valence-corrected chi connectivity index (χ4v) is 3.94. The molecule has 1 aliphatic rings. The zero-order valence-corrected chi connectivity index (χ0v) is 15.8. The van der Waals surface area contributed by atoms with Crippen LogP contribution in [0, 0.1) is 0 Å². The van der Waals surface area contributed by atoms with E-state index in [1.807, 2.05) is 6.92 Å². The molecule has 1 N–H and O–H groups in total. The first kappa shape index (κ1) is 19.1. The first-order chi connectivity index (χ1) is 13.8. The Morgan fingerprint density at radius 1 is 1.34 bits per heavy atom. The molecule has 7 nitrogen and oxygen atoms in total. The number of rotatable bonds is 3. The Morgan fingerprint density at radius 2 is 2.14 bits per heavy atom. The second-order valence-electron chi connectivity index (χ2n) is 6.46. The Hall–Kier alpha value is -3.21. The van der Waals surface area contributed by atoms with Crippen molar-refractivity contribution in [2.24, 2.45) is 0 Å². The van der Waals surface area contributed by atoms with Crippen molar-refractivity contribution >= 4 is 34.0 Å². The van der Waals surface area contributed by atoms with E-state index in [0.29, 0.717) is 5.69 Å². The van der Waals surface area contributed by atoms with Crippen LogP contribution in [0.5, 0.6) is 0 Å². The summed E-state index contributed by atoms with van der Waals surface area (Å²) in [6.45, 7) is 1.96. The van der Waals surface area contributed by atoms with Gasteiger partial charge >= 0.3 is 6.18 Å². The Kier molecular flexibility index (Phi) is 4.61. The Morgan fingerprint density at radius 3 is 2.79 bits per heavy atom. The number of amides is 2. The molecule has 4 rings (SSSR count). The highest BCUT2D eigenvalue weighted by Gasteiger charge is 2.38. The number of thiazole rings is 1. The van der Waals surface area contributed by atoms with Crippen molar-refractivity contribution < 1.29 is 22.8 Å². The number of nitrogens with zero attached hydrogens (tertiary/aromatic N) is 4. The van der Waals surface area contributed by atoms with Crippen LogP contribution in [0.15, 0.2) is 42.2 Å². The zero-order chi connectivity index (χ0) is 20.8. The van der Waals surface area contributed by atoms with Gasteiger partial charge in [0, 0.05) is 30.4 Å². The molecular weight excluding hydrogens is 407 g/mol. The molecule has 4 heterocycles. The third-order valence-electron chi connectivity index (χ3n) is 4.46. The van der Waals surface area contributed by atoms with Crippen LogP contribution < -0.4 is 10.2 Å². The van der Waals surface area contributed by atoms with E-state index in [2.05, 4.69) is 15.3 Å². The van der Waals surface area contributed by atoms with E-state index in [1.165, 1.54) is 17.2 Å². The fraction of sp³-hybridized carbons (Fsp3) is 0.222. The van der Waals surface area contributed by atoms with Crippen molar-refractivity contribution in [1.29, 1.82) is 0 Å². The summed E-state index contributed by atoms with van der Waals surface area (Å²) in [6.07, 6.45) is 0.0538. The van der Waals surface area contributed by atoms with Crippen LogP contribution in [0.2, 0.25) is 0 Å². The van der Waals surface area contributed by atoms with Crippen LogP contribution in [0.3, 0.4) is 0 Å². The number of alkyl halides is 3. The summed E-state index contributed by atoms with van der Waals surface area (Å²) in [5, 5.41) is 3.48. The standard InChI is InChI=1S/C18H14F3N5O2S/c1-10-8-26(17-24-13(9-29-17)18(19,20)21)16(28)14-12(4-6-25(10)14)15(27)23-11-3-2-5-22-7-11/h2-7,9-10H,8H2,1H3,(H,23,27)/t10-/m0/s1. The molecule has 0 bridgehead atoms. The number of anilines is 2. The molecule has 3 aromatic heterocycles. The molecule has 0 radical (unpaired) electrons. The minimum atomic E-state index is -4.59. The van der Waals surface area contributed by atoms with E-state index in [9.17, 15) is 22.8 Å². The number of hydrogen-bond donors (Lipinski definition) is 1. The van der Waals surface area contributed by atoms with Crippen molar-refractivity contribution in [3.63, 3.8) is 0 Å². The first-order valence-corrected chi connectivity index (χ1v) is 9.40.